The van der Waals surface area contributed by atoms with Crippen LogP contribution in [0.5, 0.6) is 0 Å². The number of nitrogen functional groups attached to an aromatic ring is 1. The second kappa shape index (κ2) is 4.20. The van der Waals surface area contributed by atoms with Crippen LogP contribution in [0, 0.1) is 11.3 Å². The summed E-state index contributed by atoms with van der Waals surface area (Å²) in [4.78, 5) is 4.29. The number of nitrogens with zero attached hydrogens (tertiary/aromatic N) is 4. The van der Waals surface area contributed by atoms with E-state index < -0.39 is 0 Å². The smallest absolute Gasteiger partial charge is 0.220 e. The predicted octanol–water partition coefficient (Wildman–Crippen LogP) is 0.458. The Bertz CT molecular complexity index is 621. The third-order valence-corrected chi connectivity index (χ3v) is 3.08. The maximum atomic E-state index is 9.07. The Hall–Kier alpha value is -2.26. The summed E-state index contributed by atoms with van der Waals surface area (Å²) in [6.45, 7) is 2.90. The number of nitriles is 1. The first-order chi connectivity index (χ1) is 8.81. The zero-order chi connectivity index (χ0) is 12.5. The Kier molecular flexibility index (Phi) is 2.54. The van der Waals surface area contributed by atoms with Crippen LogP contribution in [0.1, 0.15) is 5.56 Å². The zero-order valence-electron chi connectivity index (χ0n) is 9.83. The van der Waals surface area contributed by atoms with Gasteiger partial charge in [0.15, 0.2) is 0 Å². The molecular weight excluding hydrogens is 230 g/mol. The summed E-state index contributed by atoms with van der Waals surface area (Å²) >= 11 is 0. The van der Waals surface area contributed by atoms with Gasteiger partial charge in [-0.3, -0.25) is 0 Å². The van der Waals surface area contributed by atoms with Crippen molar-refractivity contribution < 1.29 is 4.74 Å². The molecular formula is C12H13N5O. The lowest BCUT2D eigenvalue weighted by atomic mass is 10.2. The van der Waals surface area contributed by atoms with Crippen molar-refractivity contribution in [1.82, 2.24) is 9.66 Å². The van der Waals surface area contributed by atoms with Gasteiger partial charge in [-0.15, -0.1) is 0 Å². The van der Waals surface area contributed by atoms with Gasteiger partial charge in [0.25, 0.3) is 0 Å². The molecule has 0 radical (unpaired) electrons. The van der Waals surface area contributed by atoms with Crippen LogP contribution in [0.4, 0.5) is 5.95 Å². The zero-order valence-corrected chi connectivity index (χ0v) is 9.83. The summed E-state index contributed by atoms with van der Waals surface area (Å²) in [7, 11) is 0. The monoisotopic (exact) mass is 243 g/mol. The number of anilines is 1. The number of aromatic nitrogens is 2. The lowest BCUT2D eigenvalue weighted by Crippen LogP contribution is -2.44. The summed E-state index contributed by atoms with van der Waals surface area (Å²) < 4.78 is 7.20. The van der Waals surface area contributed by atoms with Gasteiger partial charge in [0.1, 0.15) is 11.6 Å². The molecule has 1 aromatic heterocycles. The van der Waals surface area contributed by atoms with Crippen molar-refractivity contribution >= 4 is 17.0 Å². The fourth-order valence-electron chi connectivity index (χ4n) is 2.25. The molecule has 1 aliphatic heterocycles. The van der Waals surface area contributed by atoms with Crippen molar-refractivity contribution in [2.24, 2.45) is 0 Å². The van der Waals surface area contributed by atoms with E-state index >= 15 is 0 Å². The molecule has 0 aliphatic carbocycles. The molecule has 0 bridgehead atoms. The van der Waals surface area contributed by atoms with Crippen molar-refractivity contribution in [3.05, 3.63) is 23.8 Å². The quantitative estimate of drug-likeness (QED) is 0.787. The molecule has 1 aliphatic rings. The summed E-state index contributed by atoms with van der Waals surface area (Å²) in [5, 5.41) is 11.2. The van der Waals surface area contributed by atoms with Gasteiger partial charge in [0.2, 0.25) is 5.95 Å². The number of rotatable bonds is 1. The highest BCUT2D eigenvalue weighted by atomic mass is 16.5. The van der Waals surface area contributed by atoms with Crippen LogP contribution in [-0.2, 0) is 4.74 Å². The Morgan fingerprint density at radius 3 is 2.83 bits per heavy atom. The molecule has 92 valence electrons. The Labute approximate surface area is 104 Å². The number of hydrogen-bond donors (Lipinski definition) is 1. The normalized spacial score (nSPS) is 15.8. The van der Waals surface area contributed by atoms with Crippen molar-refractivity contribution in [3.63, 3.8) is 0 Å². The largest absolute Gasteiger partial charge is 0.378 e. The van der Waals surface area contributed by atoms with Gasteiger partial charge in [-0.25, -0.2) is 9.66 Å². The molecule has 2 N–H and O–H groups in total. The van der Waals surface area contributed by atoms with Gasteiger partial charge < -0.3 is 15.5 Å². The second-order valence-electron chi connectivity index (χ2n) is 4.13. The molecule has 0 atom stereocenters. The van der Waals surface area contributed by atoms with Crippen molar-refractivity contribution in [2.45, 2.75) is 0 Å². The van der Waals surface area contributed by atoms with E-state index in [9.17, 15) is 0 Å². The highest BCUT2D eigenvalue weighted by Crippen LogP contribution is 2.21. The molecule has 0 amide bonds. The van der Waals surface area contributed by atoms with Crippen molar-refractivity contribution in [2.75, 3.05) is 37.0 Å². The first-order valence-corrected chi connectivity index (χ1v) is 5.81. The maximum absolute atomic E-state index is 9.07. The fraction of sp³-hybridized carbons (Fsp3) is 0.333. The van der Waals surface area contributed by atoms with Crippen LogP contribution in [0.2, 0.25) is 0 Å². The van der Waals surface area contributed by atoms with Crippen molar-refractivity contribution in [1.29, 1.82) is 5.26 Å². The lowest BCUT2D eigenvalue weighted by Gasteiger charge is -2.30. The van der Waals surface area contributed by atoms with Gasteiger partial charge in [-0.05, 0) is 12.1 Å². The molecule has 1 saturated heterocycles. The molecule has 6 nitrogen and oxygen atoms in total. The maximum Gasteiger partial charge on any atom is 0.220 e. The number of fused-ring (bicyclic) bond motifs is 1. The number of hydrogen-bond acceptors (Lipinski definition) is 5. The van der Waals surface area contributed by atoms with Crippen LogP contribution < -0.4 is 10.7 Å². The number of nitrogens with two attached hydrogens (primary N) is 1. The molecule has 0 unspecified atom stereocenters. The molecule has 2 aromatic rings. The van der Waals surface area contributed by atoms with E-state index in [2.05, 4.69) is 16.1 Å². The SMILES string of the molecule is N#Cc1cccc2c1nc(N)n2N1CCOCC1. The van der Waals surface area contributed by atoms with Gasteiger partial charge in [0.05, 0.1) is 37.4 Å². The molecule has 3 rings (SSSR count). The van der Waals surface area contributed by atoms with E-state index in [1.165, 1.54) is 0 Å². The summed E-state index contributed by atoms with van der Waals surface area (Å²) in [6, 6.07) is 7.66. The molecule has 0 spiro atoms. The van der Waals surface area contributed by atoms with Gasteiger partial charge >= 0.3 is 0 Å². The van der Waals surface area contributed by atoms with Gasteiger partial charge in [0, 0.05) is 0 Å². The van der Waals surface area contributed by atoms with Crippen molar-refractivity contribution in [3.8, 4) is 6.07 Å². The highest BCUT2D eigenvalue weighted by Gasteiger charge is 2.18. The lowest BCUT2D eigenvalue weighted by molar-refractivity contribution is 0.112. The minimum absolute atomic E-state index is 0.412. The average Bonchev–Trinajstić information content (AvgIpc) is 2.75. The van der Waals surface area contributed by atoms with E-state index in [1.807, 2.05) is 16.8 Å². The number of para-hydroxylation sites is 1. The number of imidazole rings is 1. The second-order valence-corrected chi connectivity index (χ2v) is 4.13. The topological polar surface area (TPSA) is 80.1 Å². The molecule has 0 saturated carbocycles. The highest BCUT2D eigenvalue weighted by molar-refractivity contribution is 5.84. The Balaban J connectivity index is 2.17. The van der Waals surface area contributed by atoms with Crippen LogP contribution in [-0.4, -0.2) is 36.0 Å². The van der Waals surface area contributed by atoms with E-state index in [0.717, 1.165) is 18.6 Å². The molecule has 1 fully saturated rings. The van der Waals surface area contributed by atoms with Crippen LogP contribution >= 0.6 is 0 Å². The summed E-state index contributed by atoms with van der Waals surface area (Å²) in [5.74, 6) is 0.412. The van der Waals surface area contributed by atoms with E-state index in [4.69, 9.17) is 15.7 Å². The van der Waals surface area contributed by atoms with Crippen LogP contribution in [0.25, 0.3) is 11.0 Å². The van der Waals surface area contributed by atoms with E-state index in [1.54, 1.807) is 6.07 Å². The summed E-state index contributed by atoms with van der Waals surface area (Å²) in [5.41, 5.74) is 8.04. The molecule has 18 heavy (non-hydrogen) atoms. The Morgan fingerprint density at radius 2 is 2.11 bits per heavy atom. The third kappa shape index (κ3) is 1.57. The number of ether oxygens (including phenoxy) is 1. The number of morpholine rings is 1. The minimum atomic E-state index is 0.412. The number of benzene rings is 1. The fourth-order valence-corrected chi connectivity index (χ4v) is 2.25. The third-order valence-electron chi connectivity index (χ3n) is 3.08. The van der Waals surface area contributed by atoms with Gasteiger partial charge in [-0.2, -0.15) is 5.26 Å². The first-order valence-electron chi connectivity index (χ1n) is 5.81. The van der Waals surface area contributed by atoms with Crippen LogP contribution in [0.3, 0.4) is 0 Å². The average molecular weight is 243 g/mol. The molecule has 1 aromatic carbocycles. The molecule has 6 heteroatoms. The summed E-state index contributed by atoms with van der Waals surface area (Å²) in [6.07, 6.45) is 0. The molecule has 2 heterocycles. The minimum Gasteiger partial charge on any atom is -0.378 e. The van der Waals surface area contributed by atoms with Gasteiger partial charge in [-0.1, -0.05) is 6.07 Å². The van der Waals surface area contributed by atoms with Crippen LogP contribution in [0.15, 0.2) is 18.2 Å². The standard InChI is InChI=1S/C12H13N5O/c13-8-9-2-1-3-10-11(9)15-12(14)17(10)16-4-6-18-7-5-16/h1-3H,4-7H2,(H2,14,15). The van der Waals surface area contributed by atoms with E-state index in [-0.39, 0.29) is 0 Å². The first kappa shape index (κ1) is 10.9. The predicted molar refractivity (Wildman–Crippen MR) is 67.6 cm³/mol. The van der Waals surface area contributed by atoms with E-state index in [0.29, 0.717) is 30.2 Å². The Morgan fingerprint density at radius 1 is 1.33 bits per heavy atom.